The third-order valence-corrected chi connectivity index (χ3v) is 5.12. The lowest BCUT2D eigenvalue weighted by Gasteiger charge is -2.01. The van der Waals surface area contributed by atoms with Crippen molar-refractivity contribution in [3.8, 4) is 10.4 Å². The minimum absolute atomic E-state index is 0.128. The fraction of sp³-hybridized carbons (Fsp3) is 0.263. The molecule has 1 heterocycles. The zero-order valence-corrected chi connectivity index (χ0v) is 16.4. The molecule has 0 radical (unpaired) electrons. The normalized spacial score (nSPS) is 10.8. The molecule has 1 N–H and O–H groups in total. The Kier molecular flexibility index (Phi) is 7.88. The van der Waals surface area contributed by atoms with Crippen molar-refractivity contribution in [2.45, 2.75) is 19.3 Å². The molecule has 2 rings (SSSR count). The fourth-order valence-electron chi connectivity index (χ4n) is 2.14. The zero-order chi connectivity index (χ0) is 18.1. The number of rotatable bonds is 8. The third-order valence-electron chi connectivity index (χ3n) is 3.49. The van der Waals surface area contributed by atoms with Crippen molar-refractivity contribution in [3.63, 3.8) is 0 Å². The van der Waals surface area contributed by atoms with Crippen LogP contribution in [0.2, 0.25) is 0 Å². The molecule has 0 bridgehead atoms. The molecule has 25 heavy (non-hydrogen) atoms. The minimum Gasteiger partial charge on any atom is -0.469 e. The Bertz CT molecular complexity index is 737. The molecule has 0 unspecified atom stereocenters. The first-order valence-electron chi connectivity index (χ1n) is 7.97. The standard InChI is InChI=1S/C19H20BrNO3S/c1-24-19(23)4-2-3-13-21-18(22)12-10-16-9-11-17(25-16)14-5-7-15(20)8-6-14/h5-12H,2-4,13H2,1H3,(H,21,22)/b12-10+. The van der Waals surface area contributed by atoms with Crippen molar-refractivity contribution < 1.29 is 14.3 Å². The maximum absolute atomic E-state index is 11.8. The molecule has 0 aliphatic rings. The predicted octanol–water partition coefficient (Wildman–Crippen LogP) is 4.65. The third kappa shape index (κ3) is 6.84. The Morgan fingerprint density at radius 3 is 2.64 bits per heavy atom. The summed E-state index contributed by atoms with van der Waals surface area (Å²) >= 11 is 5.07. The van der Waals surface area contributed by atoms with E-state index in [1.807, 2.05) is 24.3 Å². The van der Waals surface area contributed by atoms with Gasteiger partial charge in [-0.15, -0.1) is 11.3 Å². The van der Waals surface area contributed by atoms with Gasteiger partial charge < -0.3 is 10.1 Å². The average Bonchev–Trinajstić information content (AvgIpc) is 3.09. The van der Waals surface area contributed by atoms with E-state index in [-0.39, 0.29) is 11.9 Å². The van der Waals surface area contributed by atoms with E-state index in [1.165, 1.54) is 13.2 Å². The van der Waals surface area contributed by atoms with E-state index in [0.29, 0.717) is 19.4 Å². The molecule has 0 aliphatic carbocycles. The number of methoxy groups -OCH3 is 1. The molecule has 2 aromatic rings. The maximum atomic E-state index is 11.8. The number of unbranched alkanes of at least 4 members (excludes halogenated alkanes) is 1. The van der Waals surface area contributed by atoms with Crippen molar-refractivity contribution in [3.05, 3.63) is 51.8 Å². The highest BCUT2D eigenvalue weighted by Gasteiger charge is 2.03. The van der Waals surface area contributed by atoms with E-state index >= 15 is 0 Å². The monoisotopic (exact) mass is 421 g/mol. The highest BCUT2D eigenvalue weighted by molar-refractivity contribution is 9.10. The van der Waals surface area contributed by atoms with E-state index in [4.69, 9.17) is 0 Å². The molecule has 1 amide bonds. The summed E-state index contributed by atoms with van der Waals surface area (Å²) in [5.74, 6) is -0.345. The molecule has 4 nitrogen and oxygen atoms in total. The second-order valence-electron chi connectivity index (χ2n) is 5.37. The number of carbonyl (C=O) groups excluding carboxylic acids is 2. The number of carbonyl (C=O) groups is 2. The summed E-state index contributed by atoms with van der Waals surface area (Å²) in [5, 5.41) is 2.81. The molecular weight excluding hydrogens is 402 g/mol. The van der Waals surface area contributed by atoms with Crippen LogP contribution in [-0.4, -0.2) is 25.5 Å². The largest absolute Gasteiger partial charge is 0.469 e. The molecule has 1 aromatic heterocycles. The van der Waals surface area contributed by atoms with Crippen LogP contribution in [0.25, 0.3) is 16.5 Å². The van der Waals surface area contributed by atoms with Gasteiger partial charge in [0.25, 0.3) is 0 Å². The second-order valence-corrected chi connectivity index (χ2v) is 7.40. The van der Waals surface area contributed by atoms with Gasteiger partial charge in [0.2, 0.25) is 5.91 Å². The Morgan fingerprint density at radius 2 is 1.92 bits per heavy atom. The van der Waals surface area contributed by atoms with Gasteiger partial charge in [-0.3, -0.25) is 9.59 Å². The van der Waals surface area contributed by atoms with Crippen LogP contribution < -0.4 is 5.32 Å². The van der Waals surface area contributed by atoms with Crippen LogP contribution in [0.15, 0.2) is 46.9 Å². The average molecular weight is 422 g/mol. The van der Waals surface area contributed by atoms with Crippen LogP contribution in [-0.2, 0) is 14.3 Å². The lowest BCUT2D eigenvalue weighted by atomic mass is 10.2. The molecule has 0 saturated carbocycles. The SMILES string of the molecule is COC(=O)CCCCNC(=O)/C=C/c1ccc(-c2ccc(Br)cc2)s1. The molecule has 132 valence electrons. The Hall–Kier alpha value is -1.92. The van der Waals surface area contributed by atoms with Crippen LogP contribution in [0.1, 0.15) is 24.1 Å². The zero-order valence-electron chi connectivity index (χ0n) is 14.0. The van der Waals surface area contributed by atoms with Gasteiger partial charge in [-0.25, -0.2) is 0 Å². The molecule has 1 aromatic carbocycles. The van der Waals surface area contributed by atoms with Crippen molar-refractivity contribution in [1.82, 2.24) is 5.32 Å². The first-order chi connectivity index (χ1) is 12.1. The van der Waals surface area contributed by atoms with Crippen molar-refractivity contribution >= 4 is 45.2 Å². The van der Waals surface area contributed by atoms with Gasteiger partial charge in [0, 0.05) is 33.3 Å². The number of ether oxygens (including phenoxy) is 1. The number of thiophene rings is 1. The Morgan fingerprint density at radius 1 is 1.16 bits per heavy atom. The van der Waals surface area contributed by atoms with E-state index in [0.717, 1.165) is 26.2 Å². The van der Waals surface area contributed by atoms with Crippen LogP contribution >= 0.6 is 27.3 Å². The number of halogens is 1. The van der Waals surface area contributed by atoms with Gasteiger partial charge >= 0.3 is 5.97 Å². The smallest absolute Gasteiger partial charge is 0.305 e. The summed E-state index contributed by atoms with van der Waals surface area (Å²) < 4.78 is 5.62. The molecular formula is C19H20BrNO3S. The van der Waals surface area contributed by atoms with Gasteiger partial charge in [-0.05, 0) is 48.7 Å². The first kappa shape index (κ1) is 19.4. The van der Waals surface area contributed by atoms with Crippen molar-refractivity contribution in [2.24, 2.45) is 0 Å². The Balaban J connectivity index is 1.77. The van der Waals surface area contributed by atoms with E-state index in [2.05, 4.69) is 44.2 Å². The lowest BCUT2D eigenvalue weighted by Crippen LogP contribution is -2.22. The summed E-state index contributed by atoms with van der Waals surface area (Å²) in [6, 6.07) is 12.2. The van der Waals surface area contributed by atoms with Crippen molar-refractivity contribution in [1.29, 1.82) is 0 Å². The summed E-state index contributed by atoms with van der Waals surface area (Å²) in [5.41, 5.74) is 1.16. The highest BCUT2D eigenvalue weighted by atomic mass is 79.9. The molecule has 0 saturated heterocycles. The van der Waals surface area contributed by atoms with Crippen LogP contribution in [0.5, 0.6) is 0 Å². The summed E-state index contributed by atoms with van der Waals surface area (Å²) in [7, 11) is 1.38. The fourth-order valence-corrected chi connectivity index (χ4v) is 3.32. The predicted molar refractivity (Wildman–Crippen MR) is 105 cm³/mol. The first-order valence-corrected chi connectivity index (χ1v) is 9.58. The van der Waals surface area contributed by atoms with Gasteiger partial charge in [0.05, 0.1) is 7.11 Å². The summed E-state index contributed by atoms with van der Waals surface area (Å²) in [6.07, 6.45) is 5.20. The van der Waals surface area contributed by atoms with E-state index in [9.17, 15) is 9.59 Å². The number of nitrogens with one attached hydrogen (secondary N) is 1. The molecule has 0 fully saturated rings. The second kappa shape index (κ2) is 10.2. The number of benzene rings is 1. The number of hydrogen-bond donors (Lipinski definition) is 1. The van der Waals surface area contributed by atoms with E-state index < -0.39 is 0 Å². The van der Waals surface area contributed by atoms with Gasteiger partial charge in [0.1, 0.15) is 0 Å². The van der Waals surface area contributed by atoms with Gasteiger partial charge in [-0.1, -0.05) is 28.1 Å². The maximum Gasteiger partial charge on any atom is 0.305 e. The quantitative estimate of drug-likeness (QED) is 0.383. The minimum atomic E-state index is -0.217. The molecule has 0 atom stereocenters. The highest BCUT2D eigenvalue weighted by Crippen LogP contribution is 2.29. The summed E-state index contributed by atoms with van der Waals surface area (Å²) in [4.78, 5) is 25.0. The lowest BCUT2D eigenvalue weighted by molar-refractivity contribution is -0.140. The number of esters is 1. The van der Waals surface area contributed by atoms with Gasteiger partial charge in [0.15, 0.2) is 0 Å². The van der Waals surface area contributed by atoms with Gasteiger partial charge in [-0.2, -0.15) is 0 Å². The molecule has 0 spiro atoms. The van der Waals surface area contributed by atoms with E-state index in [1.54, 1.807) is 11.3 Å². The topological polar surface area (TPSA) is 55.4 Å². The van der Waals surface area contributed by atoms with Crippen molar-refractivity contribution in [2.75, 3.05) is 13.7 Å². The molecule has 0 aliphatic heterocycles. The van der Waals surface area contributed by atoms with Crippen LogP contribution in [0.4, 0.5) is 0 Å². The van der Waals surface area contributed by atoms with Crippen LogP contribution in [0.3, 0.4) is 0 Å². The molecule has 6 heteroatoms. The number of amides is 1. The number of hydrogen-bond acceptors (Lipinski definition) is 4. The van der Waals surface area contributed by atoms with Crippen LogP contribution in [0, 0.1) is 0 Å². The summed E-state index contributed by atoms with van der Waals surface area (Å²) in [6.45, 7) is 0.550. The Labute approximate surface area is 160 Å².